The molecule has 0 aromatic carbocycles. The Bertz CT molecular complexity index is 474. The van der Waals surface area contributed by atoms with E-state index in [9.17, 15) is 0 Å². The van der Waals surface area contributed by atoms with Crippen LogP contribution in [0.5, 0.6) is 0 Å². The summed E-state index contributed by atoms with van der Waals surface area (Å²) >= 11 is 0. The van der Waals surface area contributed by atoms with Crippen LogP contribution in [0.3, 0.4) is 0 Å². The van der Waals surface area contributed by atoms with Crippen LogP contribution in [-0.4, -0.2) is 98.7 Å². The van der Waals surface area contributed by atoms with Crippen molar-refractivity contribution in [3.8, 4) is 0 Å². The standard InChI is InChI=1S/2C7H13NO3.C2H2O4/c2*8-6-5-9-2-1-7(6)10-3-4-11-7;3-1(4)2(5)6/h2*6H,1-5,8H2;(H,3,4)(H,5,6). The van der Waals surface area contributed by atoms with Crippen LogP contribution in [0.15, 0.2) is 0 Å². The maximum Gasteiger partial charge on any atom is 0.414 e. The minimum absolute atomic E-state index is 0.126. The van der Waals surface area contributed by atoms with Gasteiger partial charge in [-0.1, -0.05) is 0 Å². The Hall–Kier alpha value is -1.38. The summed E-state index contributed by atoms with van der Waals surface area (Å²) in [4.78, 5) is 18.2. The Morgan fingerprint density at radius 1 is 0.679 bits per heavy atom. The molecule has 2 spiro atoms. The molecule has 0 amide bonds. The summed E-state index contributed by atoms with van der Waals surface area (Å²) in [5.41, 5.74) is 11.6. The van der Waals surface area contributed by atoms with Crippen molar-refractivity contribution < 1.29 is 48.2 Å². The number of hydrogen-bond acceptors (Lipinski definition) is 10. The molecule has 0 aromatic heterocycles. The molecule has 4 saturated heterocycles. The molecule has 12 nitrogen and oxygen atoms in total. The van der Waals surface area contributed by atoms with Crippen molar-refractivity contribution in [3.05, 3.63) is 0 Å². The first kappa shape index (κ1) is 22.9. The van der Waals surface area contributed by atoms with Crippen molar-refractivity contribution in [3.63, 3.8) is 0 Å². The summed E-state index contributed by atoms with van der Waals surface area (Å²) in [6.07, 6.45) is 1.52. The normalized spacial score (nSPS) is 30.1. The number of hydrogen-bond donors (Lipinski definition) is 4. The minimum atomic E-state index is -1.82. The number of ether oxygens (including phenoxy) is 6. The fraction of sp³-hybridized carbons (Fsp3) is 0.875. The fourth-order valence-electron chi connectivity index (χ4n) is 3.13. The summed E-state index contributed by atoms with van der Waals surface area (Å²) in [5.74, 6) is -4.68. The number of rotatable bonds is 0. The van der Waals surface area contributed by atoms with Gasteiger partial charge in [0.15, 0.2) is 11.6 Å². The van der Waals surface area contributed by atoms with E-state index < -0.39 is 23.5 Å². The van der Waals surface area contributed by atoms with Gasteiger partial charge >= 0.3 is 11.9 Å². The Balaban J connectivity index is 0.000000158. The molecule has 6 N–H and O–H groups in total. The van der Waals surface area contributed by atoms with Crippen LogP contribution in [0, 0.1) is 0 Å². The Morgan fingerprint density at radius 2 is 1.00 bits per heavy atom. The molecular weight excluding hydrogens is 380 g/mol. The van der Waals surface area contributed by atoms with E-state index in [2.05, 4.69) is 0 Å². The third-order valence-corrected chi connectivity index (χ3v) is 4.65. The van der Waals surface area contributed by atoms with Crippen molar-refractivity contribution >= 4 is 11.9 Å². The molecule has 4 aliphatic rings. The quantitative estimate of drug-likeness (QED) is 0.327. The first-order chi connectivity index (χ1) is 13.3. The summed E-state index contributed by atoms with van der Waals surface area (Å²) < 4.78 is 32.2. The van der Waals surface area contributed by atoms with Crippen LogP contribution in [0.1, 0.15) is 12.8 Å². The van der Waals surface area contributed by atoms with Crippen molar-refractivity contribution in [1.82, 2.24) is 0 Å². The van der Waals surface area contributed by atoms with Gasteiger partial charge in [-0.15, -0.1) is 0 Å². The average molecular weight is 408 g/mol. The van der Waals surface area contributed by atoms with Gasteiger partial charge in [-0.2, -0.15) is 0 Å². The molecule has 162 valence electrons. The zero-order valence-corrected chi connectivity index (χ0v) is 15.5. The highest BCUT2D eigenvalue weighted by Crippen LogP contribution is 2.30. The molecule has 4 rings (SSSR count). The van der Waals surface area contributed by atoms with Crippen molar-refractivity contribution in [2.45, 2.75) is 36.5 Å². The zero-order chi connectivity index (χ0) is 20.6. The molecule has 0 saturated carbocycles. The van der Waals surface area contributed by atoms with Crippen LogP contribution in [0.4, 0.5) is 0 Å². The maximum atomic E-state index is 9.10. The zero-order valence-electron chi connectivity index (χ0n) is 15.5. The molecule has 28 heavy (non-hydrogen) atoms. The van der Waals surface area contributed by atoms with Crippen LogP contribution in [0.2, 0.25) is 0 Å². The molecule has 0 bridgehead atoms. The highest BCUT2D eigenvalue weighted by Gasteiger charge is 2.45. The van der Waals surface area contributed by atoms with Gasteiger partial charge in [0.1, 0.15) is 0 Å². The van der Waals surface area contributed by atoms with E-state index in [1.807, 2.05) is 0 Å². The molecule has 4 heterocycles. The SMILES string of the molecule is NC1COCCC12OCCO2.NC1COCCC12OCCO2.O=C(O)C(=O)O. The first-order valence-electron chi connectivity index (χ1n) is 9.00. The predicted molar refractivity (Wildman–Crippen MR) is 91.4 cm³/mol. The monoisotopic (exact) mass is 408 g/mol. The Kier molecular flexibility index (Phi) is 8.52. The van der Waals surface area contributed by atoms with Gasteiger partial charge in [-0.3, -0.25) is 0 Å². The van der Waals surface area contributed by atoms with Crippen molar-refractivity contribution in [1.29, 1.82) is 0 Å². The predicted octanol–water partition coefficient (Wildman–Crippen LogP) is -1.89. The lowest BCUT2D eigenvalue weighted by molar-refractivity contribution is -0.214. The third kappa shape index (κ3) is 5.81. The average Bonchev–Trinajstić information content (AvgIpc) is 3.33. The highest BCUT2D eigenvalue weighted by molar-refractivity contribution is 6.27. The fourth-order valence-corrected chi connectivity index (χ4v) is 3.13. The highest BCUT2D eigenvalue weighted by atomic mass is 16.7. The van der Waals surface area contributed by atoms with Gasteiger partial charge in [0.25, 0.3) is 0 Å². The lowest BCUT2D eigenvalue weighted by Gasteiger charge is -2.36. The molecule has 12 heteroatoms. The second-order valence-electron chi connectivity index (χ2n) is 6.49. The maximum absolute atomic E-state index is 9.10. The molecule has 2 unspecified atom stereocenters. The molecular formula is C16H28N2O10. The summed E-state index contributed by atoms with van der Waals surface area (Å²) in [7, 11) is 0. The molecule has 0 aliphatic carbocycles. The number of carboxylic acids is 2. The second kappa shape index (κ2) is 10.4. The smallest absolute Gasteiger partial charge is 0.414 e. The lowest BCUT2D eigenvalue weighted by Crippen LogP contribution is -2.55. The van der Waals surface area contributed by atoms with Gasteiger partial charge < -0.3 is 50.1 Å². The summed E-state index contributed by atoms with van der Waals surface area (Å²) in [6, 6.07) is -0.252. The van der Waals surface area contributed by atoms with Crippen LogP contribution in [0.25, 0.3) is 0 Å². The van der Waals surface area contributed by atoms with Crippen LogP contribution >= 0.6 is 0 Å². The van der Waals surface area contributed by atoms with Crippen molar-refractivity contribution in [2.75, 3.05) is 52.9 Å². The van der Waals surface area contributed by atoms with E-state index in [1.54, 1.807) is 0 Å². The molecule has 4 aliphatic heterocycles. The Morgan fingerprint density at radius 3 is 1.25 bits per heavy atom. The second-order valence-corrected chi connectivity index (χ2v) is 6.49. The summed E-state index contributed by atoms with van der Waals surface area (Å²) in [6.45, 7) is 5.10. The minimum Gasteiger partial charge on any atom is -0.473 e. The van der Waals surface area contributed by atoms with Gasteiger partial charge in [0.2, 0.25) is 0 Å². The van der Waals surface area contributed by atoms with E-state index in [0.717, 1.165) is 12.8 Å². The van der Waals surface area contributed by atoms with Crippen LogP contribution < -0.4 is 11.5 Å². The van der Waals surface area contributed by atoms with Gasteiger partial charge in [-0.05, 0) is 0 Å². The van der Waals surface area contributed by atoms with E-state index in [0.29, 0.717) is 52.9 Å². The van der Waals surface area contributed by atoms with Gasteiger partial charge in [-0.25, -0.2) is 9.59 Å². The molecule has 0 radical (unpaired) electrons. The first-order valence-corrected chi connectivity index (χ1v) is 9.00. The van der Waals surface area contributed by atoms with Gasteiger partial charge in [0, 0.05) is 12.8 Å². The molecule has 0 aromatic rings. The number of nitrogens with two attached hydrogens (primary N) is 2. The van der Waals surface area contributed by atoms with Gasteiger partial charge in [0.05, 0.1) is 64.9 Å². The number of aliphatic carboxylic acids is 2. The molecule has 4 fully saturated rings. The van der Waals surface area contributed by atoms with Crippen LogP contribution in [-0.2, 0) is 38.0 Å². The summed E-state index contributed by atoms with van der Waals surface area (Å²) in [5, 5.41) is 14.8. The lowest BCUT2D eigenvalue weighted by atomic mass is 10.0. The van der Waals surface area contributed by atoms with E-state index in [4.69, 9.17) is 59.7 Å². The van der Waals surface area contributed by atoms with E-state index in [1.165, 1.54) is 0 Å². The number of carbonyl (C=O) groups is 2. The topological polar surface area (TPSA) is 182 Å². The number of carboxylic acid groups (broad SMARTS) is 2. The Labute approximate surface area is 161 Å². The largest absolute Gasteiger partial charge is 0.473 e. The van der Waals surface area contributed by atoms with Crippen molar-refractivity contribution in [2.24, 2.45) is 11.5 Å². The molecule has 2 atom stereocenters. The van der Waals surface area contributed by atoms with E-state index in [-0.39, 0.29) is 12.1 Å². The van der Waals surface area contributed by atoms with E-state index >= 15 is 0 Å². The third-order valence-electron chi connectivity index (χ3n) is 4.65.